The fourth-order valence-electron chi connectivity index (χ4n) is 2.61. The molecule has 0 saturated carbocycles. The Morgan fingerprint density at radius 3 is 2.46 bits per heavy atom. The van der Waals surface area contributed by atoms with E-state index in [2.05, 4.69) is 34.0 Å². The van der Waals surface area contributed by atoms with Gasteiger partial charge in [0.2, 0.25) is 0 Å². The monoisotopic (exact) mass is 547 g/mol. The van der Waals surface area contributed by atoms with Crippen LogP contribution in [0.2, 0.25) is 15.1 Å². The number of rotatable bonds is 7. The average Bonchev–Trinajstić information content (AvgIpc) is 2.67. The van der Waals surface area contributed by atoms with Gasteiger partial charge < -0.3 is 14.8 Å². The van der Waals surface area contributed by atoms with Crippen LogP contribution in [0.1, 0.15) is 11.1 Å². The van der Waals surface area contributed by atoms with Gasteiger partial charge in [-0.15, -0.1) is 0 Å². The van der Waals surface area contributed by atoms with E-state index in [0.29, 0.717) is 39.7 Å². The molecule has 0 saturated heterocycles. The maximum atomic E-state index is 6.07. The molecule has 0 amide bonds. The Hall–Kier alpha value is -1.34. The van der Waals surface area contributed by atoms with Crippen LogP contribution in [0.15, 0.2) is 54.6 Å². The minimum atomic E-state index is 0.411. The SMILES string of the molecule is COc1cc(CNc2ccc(Cl)c(Cl)c2)cc(I)c1OCc1cccc(Cl)c1. The van der Waals surface area contributed by atoms with E-state index in [1.807, 2.05) is 36.4 Å². The molecule has 28 heavy (non-hydrogen) atoms. The van der Waals surface area contributed by atoms with Gasteiger partial charge in [0, 0.05) is 17.3 Å². The van der Waals surface area contributed by atoms with Crippen molar-refractivity contribution in [2.75, 3.05) is 12.4 Å². The zero-order chi connectivity index (χ0) is 20.1. The lowest BCUT2D eigenvalue weighted by molar-refractivity contribution is 0.282. The number of anilines is 1. The summed E-state index contributed by atoms with van der Waals surface area (Å²) < 4.78 is 12.5. The van der Waals surface area contributed by atoms with Gasteiger partial charge in [-0.25, -0.2) is 0 Å². The Bertz CT molecular complexity index is 982. The first-order valence-corrected chi connectivity index (χ1v) is 10.6. The van der Waals surface area contributed by atoms with Crippen LogP contribution in [0.3, 0.4) is 0 Å². The summed E-state index contributed by atoms with van der Waals surface area (Å²) >= 11 is 20.3. The first-order chi connectivity index (χ1) is 13.5. The quantitative estimate of drug-likeness (QED) is 0.311. The van der Waals surface area contributed by atoms with Crippen LogP contribution < -0.4 is 14.8 Å². The van der Waals surface area contributed by atoms with Crippen LogP contribution in [0.4, 0.5) is 5.69 Å². The van der Waals surface area contributed by atoms with E-state index in [1.165, 1.54) is 0 Å². The molecule has 0 aliphatic carbocycles. The molecule has 0 radical (unpaired) electrons. The van der Waals surface area contributed by atoms with Gasteiger partial charge in [-0.05, 0) is 76.2 Å². The molecule has 0 heterocycles. The largest absolute Gasteiger partial charge is 0.493 e. The second kappa shape index (κ2) is 9.92. The molecule has 3 rings (SSSR count). The van der Waals surface area contributed by atoms with Crippen LogP contribution in [-0.4, -0.2) is 7.11 Å². The summed E-state index contributed by atoms with van der Waals surface area (Å²) in [6, 6.07) is 17.1. The Balaban J connectivity index is 1.72. The molecule has 0 aliphatic heterocycles. The zero-order valence-corrected chi connectivity index (χ0v) is 19.4. The van der Waals surface area contributed by atoms with E-state index in [-0.39, 0.29) is 0 Å². The van der Waals surface area contributed by atoms with Crippen molar-refractivity contribution in [1.29, 1.82) is 0 Å². The van der Waals surface area contributed by atoms with Crippen molar-refractivity contribution in [2.24, 2.45) is 0 Å². The first kappa shape index (κ1) is 21.4. The number of methoxy groups -OCH3 is 1. The van der Waals surface area contributed by atoms with E-state index >= 15 is 0 Å². The highest BCUT2D eigenvalue weighted by Crippen LogP contribution is 2.35. The molecule has 7 heteroatoms. The fourth-order valence-corrected chi connectivity index (χ4v) is 3.94. The van der Waals surface area contributed by atoms with Gasteiger partial charge in [-0.1, -0.05) is 46.9 Å². The second-order valence-electron chi connectivity index (χ2n) is 6.01. The normalized spacial score (nSPS) is 10.6. The van der Waals surface area contributed by atoms with E-state index in [1.54, 1.807) is 19.2 Å². The molecule has 0 unspecified atom stereocenters. The van der Waals surface area contributed by atoms with Crippen LogP contribution >= 0.6 is 57.4 Å². The molecule has 0 spiro atoms. The number of benzene rings is 3. The molecule has 0 aliphatic rings. The average molecular weight is 549 g/mol. The predicted octanol–water partition coefficient (Wildman–Crippen LogP) is 7.45. The second-order valence-corrected chi connectivity index (χ2v) is 8.42. The van der Waals surface area contributed by atoms with Gasteiger partial charge in [-0.2, -0.15) is 0 Å². The van der Waals surface area contributed by atoms with Crippen molar-refractivity contribution < 1.29 is 9.47 Å². The van der Waals surface area contributed by atoms with Crippen LogP contribution in [0.25, 0.3) is 0 Å². The molecular weight excluding hydrogens is 531 g/mol. The molecule has 3 aromatic carbocycles. The van der Waals surface area contributed by atoms with E-state index < -0.39 is 0 Å². The van der Waals surface area contributed by atoms with Gasteiger partial charge >= 0.3 is 0 Å². The minimum Gasteiger partial charge on any atom is -0.493 e. The molecule has 0 aromatic heterocycles. The van der Waals surface area contributed by atoms with Crippen molar-refractivity contribution in [3.8, 4) is 11.5 Å². The fraction of sp³-hybridized carbons (Fsp3) is 0.143. The van der Waals surface area contributed by atoms with Crippen molar-refractivity contribution in [1.82, 2.24) is 0 Å². The highest BCUT2D eigenvalue weighted by molar-refractivity contribution is 14.1. The van der Waals surface area contributed by atoms with Gasteiger partial charge in [0.25, 0.3) is 0 Å². The van der Waals surface area contributed by atoms with Crippen molar-refractivity contribution in [3.63, 3.8) is 0 Å². The van der Waals surface area contributed by atoms with E-state index in [9.17, 15) is 0 Å². The highest BCUT2D eigenvalue weighted by atomic mass is 127. The molecule has 1 N–H and O–H groups in total. The summed E-state index contributed by atoms with van der Waals surface area (Å²) in [7, 11) is 1.63. The molecule has 146 valence electrons. The molecule has 0 fully saturated rings. The lowest BCUT2D eigenvalue weighted by Gasteiger charge is -2.15. The highest BCUT2D eigenvalue weighted by Gasteiger charge is 2.12. The lowest BCUT2D eigenvalue weighted by atomic mass is 10.2. The summed E-state index contributed by atoms with van der Waals surface area (Å²) in [5.74, 6) is 1.39. The van der Waals surface area contributed by atoms with Crippen LogP contribution in [0.5, 0.6) is 11.5 Å². The maximum Gasteiger partial charge on any atom is 0.174 e. The standard InChI is InChI=1S/C21H17Cl3INO2/c1-27-20-9-14(11-26-16-5-6-17(23)18(24)10-16)8-19(25)21(20)28-12-13-3-2-4-15(22)7-13/h2-10,26H,11-12H2,1H3. The summed E-state index contributed by atoms with van der Waals surface area (Å²) in [6.45, 7) is 1.02. The van der Waals surface area contributed by atoms with Crippen molar-refractivity contribution in [2.45, 2.75) is 13.2 Å². The summed E-state index contributed by atoms with van der Waals surface area (Å²) in [5.41, 5.74) is 2.95. The van der Waals surface area contributed by atoms with Crippen molar-refractivity contribution in [3.05, 3.63) is 84.4 Å². The number of ether oxygens (including phenoxy) is 2. The molecule has 3 nitrogen and oxygen atoms in total. The lowest BCUT2D eigenvalue weighted by Crippen LogP contribution is -2.03. The Morgan fingerprint density at radius 2 is 1.75 bits per heavy atom. The molecule has 3 aromatic rings. The number of hydrogen-bond donors (Lipinski definition) is 1. The van der Waals surface area contributed by atoms with Crippen molar-refractivity contribution >= 4 is 63.1 Å². The minimum absolute atomic E-state index is 0.411. The van der Waals surface area contributed by atoms with Crippen LogP contribution in [-0.2, 0) is 13.2 Å². The summed E-state index contributed by atoms with van der Waals surface area (Å²) in [6.07, 6.45) is 0. The van der Waals surface area contributed by atoms with E-state index in [0.717, 1.165) is 20.4 Å². The molecule has 0 bridgehead atoms. The third-order valence-electron chi connectivity index (χ3n) is 3.98. The molecule has 0 atom stereocenters. The van der Waals surface area contributed by atoms with Gasteiger partial charge in [-0.3, -0.25) is 0 Å². The van der Waals surface area contributed by atoms with Gasteiger partial charge in [0.15, 0.2) is 11.5 Å². The Morgan fingerprint density at radius 1 is 0.929 bits per heavy atom. The smallest absolute Gasteiger partial charge is 0.174 e. The predicted molar refractivity (Wildman–Crippen MR) is 125 cm³/mol. The Labute approximate surface area is 193 Å². The summed E-state index contributed by atoms with van der Waals surface area (Å²) in [4.78, 5) is 0. The third-order valence-corrected chi connectivity index (χ3v) is 5.75. The first-order valence-electron chi connectivity index (χ1n) is 8.39. The third kappa shape index (κ3) is 5.60. The maximum absolute atomic E-state index is 6.07. The number of halogens is 4. The molecular formula is C21H17Cl3INO2. The van der Waals surface area contributed by atoms with Gasteiger partial charge in [0.05, 0.1) is 20.7 Å². The van der Waals surface area contributed by atoms with E-state index in [4.69, 9.17) is 44.3 Å². The number of nitrogens with one attached hydrogen (secondary N) is 1. The van der Waals surface area contributed by atoms with Crippen LogP contribution in [0, 0.1) is 3.57 Å². The topological polar surface area (TPSA) is 30.5 Å². The van der Waals surface area contributed by atoms with Gasteiger partial charge in [0.1, 0.15) is 6.61 Å². The number of hydrogen-bond acceptors (Lipinski definition) is 3. The summed E-state index contributed by atoms with van der Waals surface area (Å²) in [5, 5.41) is 5.07. The Kier molecular flexibility index (Phi) is 7.57. The zero-order valence-electron chi connectivity index (χ0n) is 14.9.